The van der Waals surface area contributed by atoms with Crippen LogP contribution in [0.2, 0.25) is 0 Å². The number of piperazine rings is 1. The van der Waals surface area contributed by atoms with E-state index in [4.69, 9.17) is 9.47 Å². The smallest absolute Gasteiger partial charge is 0.413 e. The van der Waals surface area contributed by atoms with Crippen molar-refractivity contribution in [2.75, 3.05) is 38.1 Å². The number of hydrogen-bond donors (Lipinski definition) is 1. The van der Waals surface area contributed by atoms with Crippen LogP contribution in [0.1, 0.15) is 54.0 Å². The molecule has 1 aromatic carbocycles. The topological polar surface area (TPSA) is 143 Å². The van der Waals surface area contributed by atoms with E-state index in [1.54, 1.807) is 61.8 Å². The average Bonchev–Trinajstić information content (AvgIpc) is 3.32. The third kappa shape index (κ3) is 7.09. The number of ether oxygens (including phenoxy) is 2. The minimum Gasteiger partial charge on any atom is -0.444 e. The Balaban J connectivity index is 1.39. The number of rotatable bonds is 5. The number of amides is 4. The predicted octanol–water partition coefficient (Wildman–Crippen LogP) is 3.05. The number of urea groups is 1. The summed E-state index contributed by atoms with van der Waals surface area (Å²) < 4.78 is 13.0. The molecule has 13 nitrogen and oxygen atoms in total. The number of carbonyl (C=O) groups is 4. The number of nitrogens with one attached hydrogen (secondary N) is 1. The Labute approximate surface area is 257 Å². The van der Waals surface area contributed by atoms with Gasteiger partial charge in [0, 0.05) is 44.2 Å². The molecule has 0 aliphatic carbocycles. The van der Waals surface area contributed by atoms with Crippen LogP contribution < -0.4 is 11.0 Å². The fourth-order valence-electron chi connectivity index (χ4n) is 5.25. The van der Waals surface area contributed by atoms with Crippen molar-refractivity contribution < 1.29 is 28.7 Å². The Morgan fingerprint density at radius 1 is 1.02 bits per heavy atom. The monoisotopic (exact) mass is 610 g/mol. The van der Waals surface area contributed by atoms with E-state index in [1.165, 1.54) is 21.7 Å². The lowest BCUT2D eigenvalue weighted by molar-refractivity contribution is -0.144. The number of aromatic nitrogens is 2. The highest BCUT2D eigenvalue weighted by atomic mass is 16.6. The molecule has 2 saturated heterocycles. The lowest BCUT2D eigenvalue weighted by atomic mass is 9.91. The molecular weight excluding hydrogens is 568 g/mol. The summed E-state index contributed by atoms with van der Waals surface area (Å²) in [6, 6.07) is 8.03. The quantitative estimate of drug-likeness (QED) is 0.509. The van der Waals surface area contributed by atoms with Gasteiger partial charge in [0.25, 0.3) is 5.91 Å². The first-order chi connectivity index (χ1) is 20.5. The molecule has 2 atom stereocenters. The van der Waals surface area contributed by atoms with Crippen LogP contribution >= 0.6 is 0 Å². The molecule has 2 fully saturated rings. The first-order valence-corrected chi connectivity index (χ1v) is 14.7. The van der Waals surface area contributed by atoms with Crippen molar-refractivity contribution in [1.29, 1.82) is 0 Å². The van der Waals surface area contributed by atoms with Crippen molar-refractivity contribution in [2.24, 2.45) is 5.41 Å². The standard InChI is InChI=1S/C31H42N6O7/c1-29(2,3)25-37(28(42)44-30(4,5)6)31(7,20-43-25)24(39)34-15-17-35(18-16-34)26(40)32-23-12-14-36(27(41)33-23)22-10-8-21(9-11-22)13-19-38/h8-12,14,19,25H,13,15-18,20H2,1-7H3,(H,32,33,40,41)/t25-,31+/m1/s1. The second-order valence-corrected chi connectivity index (χ2v) is 13.4. The molecular formula is C31H42N6O7. The number of nitrogens with zero attached hydrogens (tertiary/aromatic N) is 5. The second-order valence-electron chi connectivity index (χ2n) is 13.4. The maximum absolute atomic E-state index is 13.9. The van der Waals surface area contributed by atoms with E-state index in [2.05, 4.69) is 10.3 Å². The first-order valence-electron chi connectivity index (χ1n) is 14.7. The zero-order chi connectivity index (χ0) is 32.4. The van der Waals surface area contributed by atoms with Gasteiger partial charge in [-0.3, -0.25) is 19.6 Å². The summed E-state index contributed by atoms with van der Waals surface area (Å²) in [6.07, 6.45) is 1.33. The van der Waals surface area contributed by atoms with Crippen LogP contribution in [-0.2, 0) is 25.5 Å². The Morgan fingerprint density at radius 3 is 2.18 bits per heavy atom. The first kappa shape index (κ1) is 32.6. The molecule has 2 aliphatic heterocycles. The molecule has 0 bridgehead atoms. The summed E-state index contributed by atoms with van der Waals surface area (Å²) in [5.41, 5.74) is -1.67. The van der Waals surface area contributed by atoms with Gasteiger partial charge in [-0.15, -0.1) is 0 Å². The van der Waals surface area contributed by atoms with Crippen molar-refractivity contribution >= 4 is 30.1 Å². The van der Waals surface area contributed by atoms with Crippen molar-refractivity contribution in [3.63, 3.8) is 0 Å². The van der Waals surface area contributed by atoms with E-state index in [0.29, 0.717) is 5.69 Å². The lowest BCUT2D eigenvalue weighted by Crippen LogP contribution is -2.64. The van der Waals surface area contributed by atoms with Gasteiger partial charge in [0.2, 0.25) is 0 Å². The summed E-state index contributed by atoms with van der Waals surface area (Å²) in [7, 11) is 0. The lowest BCUT2D eigenvalue weighted by Gasteiger charge is -2.43. The van der Waals surface area contributed by atoms with E-state index in [1.807, 2.05) is 20.8 Å². The zero-order valence-electron chi connectivity index (χ0n) is 26.5. The largest absolute Gasteiger partial charge is 0.444 e. The van der Waals surface area contributed by atoms with Crippen molar-refractivity contribution in [3.05, 3.63) is 52.6 Å². The number of carbonyl (C=O) groups excluding carboxylic acids is 4. The summed E-state index contributed by atoms with van der Waals surface area (Å²) >= 11 is 0. The summed E-state index contributed by atoms with van der Waals surface area (Å²) in [4.78, 5) is 72.2. The highest BCUT2D eigenvalue weighted by Gasteiger charge is 2.57. The maximum atomic E-state index is 13.9. The second kappa shape index (κ2) is 12.4. The van der Waals surface area contributed by atoms with Crippen LogP contribution in [0, 0.1) is 5.41 Å². The van der Waals surface area contributed by atoms with Crippen molar-refractivity contribution in [2.45, 2.75) is 72.3 Å². The molecule has 13 heteroatoms. The fraction of sp³-hybridized carbons (Fsp3) is 0.548. The molecule has 0 saturated carbocycles. The van der Waals surface area contributed by atoms with Gasteiger partial charge < -0.3 is 24.1 Å². The molecule has 238 valence electrons. The summed E-state index contributed by atoms with van der Waals surface area (Å²) in [5.74, 6) is -0.177. The van der Waals surface area contributed by atoms with Gasteiger partial charge in [-0.25, -0.2) is 14.4 Å². The van der Waals surface area contributed by atoms with Crippen LogP contribution in [0.15, 0.2) is 41.3 Å². The van der Waals surface area contributed by atoms with Gasteiger partial charge in [0.1, 0.15) is 29.5 Å². The van der Waals surface area contributed by atoms with Crippen LogP contribution in [0.25, 0.3) is 5.69 Å². The summed E-state index contributed by atoms with van der Waals surface area (Å²) in [6.45, 7) is 13.8. The molecule has 4 rings (SSSR count). The summed E-state index contributed by atoms with van der Waals surface area (Å²) in [5, 5.41) is 2.66. The van der Waals surface area contributed by atoms with Crippen molar-refractivity contribution in [3.8, 4) is 5.69 Å². The van der Waals surface area contributed by atoms with Gasteiger partial charge in [-0.05, 0) is 51.5 Å². The van der Waals surface area contributed by atoms with Crippen LogP contribution in [0.3, 0.4) is 0 Å². The van der Waals surface area contributed by atoms with Crippen molar-refractivity contribution in [1.82, 2.24) is 24.3 Å². The van der Waals surface area contributed by atoms with Gasteiger partial charge in [-0.1, -0.05) is 32.9 Å². The van der Waals surface area contributed by atoms with Gasteiger partial charge in [0.15, 0.2) is 0 Å². The molecule has 4 amide bonds. The third-order valence-corrected chi connectivity index (χ3v) is 7.51. The Hall–Kier alpha value is -4.26. The molecule has 44 heavy (non-hydrogen) atoms. The van der Waals surface area contributed by atoms with E-state index in [0.717, 1.165) is 11.8 Å². The highest BCUT2D eigenvalue weighted by molar-refractivity contribution is 5.91. The van der Waals surface area contributed by atoms with Crippen LogP contribution in [-0.4, -0.2) is 98.7 Å². The third-order valence-electron chi connectivity index (χ3n) is 7.51. The molecule has 2 aromatic rings. The molecule has 0 unspecified atom stereocenters. The Kier molecular flexibility index (Phi) is 9.19. The number of hydrogen-bond acceptors (Lipinski definition) is 8. The fourth-order valence-corrected chi connectivity index (χ4v) is 5.25. The molecule has 3 heterocycles. The Bertz CT molecular complexity index is 1450. The minimum atomic E-state index is -1.28. The van der Waals surface area contributed by atoms with Gasteiger partial charge >= 0.3 is 17.8 Å². The highest BCUT2D eigenvalue weighted by Crippen LogP contribution is 2.39. The SMILES string of the molecule is CC(C)(C)OC(=O)N1[C@@H](C(C)(C)C)OC[C@@]1(C)C(=O)N1CCN(C(=O)Nc2ccn(-c3ccc(CC=O)cc3)c(=O)n2)CC1. The molecule has 0 spiro atoms. The maximum Gasteiger partial charge on any atom is 0.413 e. The molecule has 1 N–H and O–H groups in total. The van der Waals surface area contributed by atoms with E-state index >= 15 is 0 Å². The number of aldehydes is 1. The van der Waals surface area contributed by atoms with Gasteiger partial charge in [-0.2, -0.15) is 4.98 Å². The molecule has 2 aliphatic rings. The molecule has 1 aromatic heterocycles. The van der Waals surface area contributed by atoms with Crippen LogP contribution in [0.5, 0.6) is 0 Å². The zero-order valence-corrected chi connectivity index (χ0v) is 26.5. The number of anilines is 1. The Morgan fingerprint density at radius 2 is 1.64 bits per heavy atom. The van der Waals surface area contributed by atoms with E-state index < -0.39 is 40.6 Å². The number of benzene rings is 1. The molecule has 0 radical (unpaired) electrons. The van der Waals surface area contributed by atoms with Gasteiger partial charge in [0.05, 0.1) is 12.3 Å². The predicted molar refractivity (Wildman–Crippen MR) is 162 cm³/mol. The van der Waals surface area contributed by atoms with E-state index in [9.17, 15) is 24.0 Å². The van der Waals surface area contributed by atoms with Crippen LogP contribution in [0.4, 0.5) is 15.4 Å². The average molecular weight is 611 g/mol. The normalized spacial score (nSPS) is 20.8. The van der Waals surface area contributed by atoms with E-state index in [-0.39, 0.29) is 50.9 Å². The minimum absolute atomic E-state index is 0.0216.